The molecule has 3 aromatic rings. The number of methoxy groups -OCH3 is 3. The molecule has 0 spiro atoms. The van der Waals surface area contributed by atoms with Gasteiger partial charge in [-0.2, -0.15) is 0 Å². The highest BCUT2D eigenvalue weighted by molar-refractivity contribution is 5.92. The molecule has 5 atom stereocenters. The highest BCUT2D eigenvalue weighted by Gasteiger charge is 2.40. The van der Waals surface area contributed by atoms with Crippen molar-refractivity contribution in [2.24, 2.45) is 23.7 Å². The van der Waals surface area contributed by atoms with Crippen molar-refractivity contribution >= 4 is 23.8 Å². The molecule has 0 saturated carbocycles. The second kappa shape index (κ2) is 20.5. The Hall–Kier alpha value is -4.90. The minimum absolute atomic E-state index is 0.00968. The molecule has 2 amide bonds. The van der Waals surface area contributed by atoms with Gasteiger partial charge in [-0.05, 0) is 52.1 Å². The lowest BCUT2D eigenvalue weighted by Crippen LogP contribution is -2.53. The van der Waals surface area contributed by atoms with E-state index < -0.39 is 36.2 Å². The van der Waals surface area contributed by atoms with E-state index in [1.165, 1.54) is 19.1 Å². The zero-order valence-electron chi connectivity index (χ0n) is 35.6. The summed E-state index contributed by atoms with van der Waals surface area (Å²) >= 11 is 0. The molecule has 11 nitrogen and oxygen atoms in total. The third-order valence-electron chi connectivity index (χ3n) is 11.5. The van der Waals surface area contributed by atoms with Crippen LogP contribution in [0.5, 0.6) is 11.5 Å². The van der Waals surface area contributed by atoms with Gasteiger partial charge in [0.05, 0.1) is 38.8 Å². The smallest absolute Gasteiger partial charge is 0.410 e. The van der Waals surface area contributed by atoms with E-state index in [0.717, 1.165) is 22.3 Å². The van der Waals surface area contributed by atoms with Crippen LogP contribution < -0.4 is 9.47 Å². The van der Waals surface area contributed by atoms with E-state index in [1.807, 2.05) is 65.8 Å². The number of fused-ring (bicyclic) bond motifs is 3. The summed E-state index contributed by atoms with van der Waals surface area (Å²) in [6.45, 7) is 11.8. The Balaban J connectivity index is 1.44. The Morgan fingerprint density at radius 3 is 1.88 bits per heavy atom. The lowest BCUT2D eigenvalue weighted by molar-refractivity contribution is -0.153. The minimum Gasteiger partial charge on any atom is -0.497 e. The number of amides is 2. The predicted octanol–water partition coefficient (Wildman–Crippen LogP) is 8.16. The Kier molecular flexibility index (Phi) is 16.1. The van der Waals surface area contributed by atoms with Crippen molar-refractivity contribution in [1.82, 2.24) is 9.80 Å². The average Bonchev–Trinajstić information content (AvgIpc) is 3.53. The van der Waals surface area contributed by atoms with Gasteiger partial charge in [-0.1, -0.05) is 96.5 Å². The third kappa shape index (κ3) is 10.5. The maximum Gasteiger partial charge on any atom is 0.410 e. The zero-order valence-corrected chi connectivity index (χ0v) is 35.6. The number of hydrogen-bond acceptors (Lipinski definition) is 9. The topological polar surface area (TPSA) is 121 Å². The van der Waals surface area contributed by atoms with E-state index in [9.17, 15) is 19.2 Å². The first kappa shape index (κ1) is 44.8. The normalized spacial score (nSPS) is 14.8. The number of rotatable bonds is 20. The second-order valence-electron chi connectivity index (χ2n) is 15.8. The maximum atomic E-state index is 14.4. The Morgan fingerprint density at radius 1 is 0.737 bits per heavy atom. The first-order chi connectivity index (χ1) is 27.2. The Labute approximate surface area is 338 Å². The first-order valence-corrected chi connectivity index (χ1v) is 19.9. The van der Waals surface area contributed by atoms with Crippen molar-refractivity contribution in [1.29, 1.82) is 0 Å². The highest BCUT2D eigenvalue weighted by atomic mass is 16.6. The molecule has 11 heteroatoms. The van der Waals surface area contributed by atoms with Crippen LogP contribution in [0, 0.1) is 23.7 Å². The maximum absolute atomic E-state index is 14.4. The molecule has 3 aromatic carbocycles. The molecule has 57 heavy (non-hydrogen) atoms. The van der Waals surface area contributed by atoms with Crippen molar-refractivity contribution < 1.29 is 42.9 Å². The number of ether oxygens (including phenoxy) is 5. The minimum atomic E-state index is -0.809. The van der Waals surface area contributed by atoms with E-state index >= 15 is 0 Å². The van der Waals surface area contributed by atoms with Gasteiger partial charge in [0.2, 0.25) is 5.91 Å². The summed E-state index contributed by atoms with van der Waals surface area (Å²) in [5.74, 6) is -1.06. The van der Waals surface area contributed by atoms with Crippen molar-refractivity contribution in [3.63, 3.8) is 0 Å². The zero-order chi connectivity index (χ0) is 42.0. The van der Waals surface area contributed by atoms with Crippen molar-refractivity contribution in [3.05, 3.63) is 83.4 Å². The van der Waals surface area contributed by atoms with E-state index in [0.29, 0.717) is 23.5 Å². The molecule has 0 fully saturated rings. The van der Waals surface area contributed by atoms with Crippen LogP contribution in [0.3, 0.4) is 0 Å². The summed E-state index contributed by atoms with van der Waals surface area (Å²) in [7, 11) is 7.92. The van der Waals surface area contributed by atoms with Gasteiger partial charge in [0, 0.05) is 51.1 Å². The first-order valence-electron chi connectivity index (χ1n) is 19.9. The van der Waals surface area contributed by atoms with Crippen LogP contribution in [-0.2, 0) is 35.2 Å². The van der Waals surface area contributed by atoms with Crippen LogP contribution in [0.1, 0.15) is 83.4 Å². The summed E-state index contributed by atoms with van der Waals surface area (Å²) in [6, 6.07) is 20.2. The molecule has 0 aromatic heterocycles. The van der Waals surface area contributed by atoms with E-state index in [4.69, 9.17) is 23.7 Å². The number of hydrogen-bond donors (Lipinski definition) is 0. The van der Waals surface area contributed by atoms with Crippen LogP contribution in [0.15, 0.2) is 66.7 Å². The van der Waals surface area contributed by atoms with Crippen LogP contribution in [-0.4, -0.2) is 93.8 Å². The fourth-order valence-electron chi connectivity index (χ4n) is 8.13. The van der Waals surface area contributed by atoms with E-state index in [1.54, 1.807) is 44.3 Å². The van der Waals surface area contributed by atoms with E-state index in [2.05, 4.69) is 24.3 Å². The number of ketones is 1. The summed E-state index contributed by atoms with van der Waals surface area (Å²) in [5.41, 5.74) is 5.14. The molecule has 1 aliphatic carbocycles. The van der Waals surface area contributed by atoms with Crippen molar-refractivity contribution in [2.75, 3.05) is 42.0 Å². The number of esters is 1. The van der Waals surface area contributed by atoms with Gasteiger partial charge in [0.1, 0.15) is 24.7 Å². The number of carbonyl (C=O) groups is 4. The average molecular weight is 787 g/mol. The molecular weight excluding hydrogens is 725 g/mol. The molecule has 1 unspecified atom stereocenters. The van der Waals surface area contributed by atoms with Gasteiger partial charge >= 0.3 is 12.1 Å². The Morgan fingerprint density at radius 2 is 1.35 bits per heavy atom. The number of carbonyl (C=O) groups excluding carboxylic acids is 4. The molecule has 0 bridgehead atoms. The molecule has 4 rings (SSSR count). The van der Waals surface area contributed by atoms with Crippen molar-refractivity contribution in [2.45, 2.75) is 91.5 Å². The largest absolute Gasteiger partial charge is 0.497 e. The number of likely N-dealkylation sites (N-methyl/N-ethyl adjacent to an activating group) is 2. The van der Waals surface area contributed by atoms with E-state index in [-0.39, 0.29) is 61.4 Å². The third-order valence-corrected chi connectivity index (χ3v) is 11.5. The van der Waals surface area contributed by atoms with Gasteiger partial charge in [-0.15, -0.1) is 0 Å². The molecule has 0 heterocycles. The van der Waals surface area contributed by atoms with Crippen LogP contribution >= 0.6 is 0 Å². The monoisotopic (exact) mass is 786 g/mol. The summed E-state index contributed by atoms with van der Waals surface area (Å²) in [5, 5.41) is 0. The van der Waals surface area contributed by atoms with Crippen LogP contribution in [0.4, 0.5) is 4.79 Å². The summed E-state index contributed by atoms with van der Waals surface area (Å²) in [4.78, 5) is 58.5. The molecular formula is C46H62N2O9. The van der Waals surface area contributed by atoms with Crippen molar-refractivity contribution in [3.8, 4) is 22.6 Å². The number of Topliss-reactive ketones (excluding diaryl/α,β-unsaturated/α-hetero) is 1. The SMILES string of the molecule is CC[C@H](C)[C@@H]([C@@H](CC(=O)OCc1ccc(OC)cc1OC)OC)N(C)C(=O)[C@@H](CC(=O)C(C(C)C)N(C)C(=O)OCC1c2ccccc2-c2ccccc21)C(C)C. The fraction of sp³-hybridized carbons (Fsp3) is 0.522. The van der Waals surface area contributed by atoms with Gasteiger partial charge < -0.3 is 33.5 Å². The molecule has 0 aliphatic heterocycles. The Bertz CT molecular complexity index is 1800. The fourth-order valence-corrected chi connectivity index (χ4v) is 8.13. The molecule has 1 aliphatic rings. The number of benzene rings is 3. The standard InChI is InChI=1S/C46H62N2O9/c1-12-30(6)44(41(55-11)25-42(50)56-26-31-21-22-32(53-9)23-40(31)54-10)47(7)45(51)37(28(2)3)24-39(49)43(29(4)5)48(8)46(52)57-27-38-35-19-15-13-17-33(35)34-18-14-16-20-36(34)38/h13-23,28-30,37-38,41,43-44H,12,24-27H2,1-11H3/t30-,37-,41+,43?,44-/m0/s1. The van der Waals surface area contributed by atoms with Crippen LogP contribution in [0.2, 0.25) is 0 Å². The lowest BCUT2D eigenvalue weighted by atomic mass is 9.83. The number of nitrogens with zero attached hydrogens (tertiary/aromatic N) is 2. The molecule has 310 valence electrons. The quantitative estimate of drug-likeness (QED) is 0.105. The van der Waals surface area contributed by atoms with Gasteiger partial charge in [-0.3, -0.25) is 14.4 Å². The lowest BCUT2D eigenvalue weighted by Gasteiger charge is -2.40. The summed E-state index contributed by atoms with van der Waals surface area (Å²) < 4.78 is 28.2. The second-order valence-corrected chi connectivity index (χ2v) is 15.8. The summed E-state index contributed by atoms with van der Waals surface area (Å²) in [6.07, 6.45) is -0.711. The molecule has 0 N–H and O–H groups in total. The molecule has 0 radical (unpaired) electrons. The van der Waals surface area contributed by atoms with Gasteiger partial charge in [-0.25, -0.2) is 4.79 Å². The van der Waals surface area contributed by atoms with Crippen LogP contribution in [0.25, 0.3) is 11.1 Å². The van der Waals surface area contributed by atoms with Gasteiger partial charge in [0.15, 0.2) is 5.78 Å². The van der Waals surface area contributed by atoms with Gasteiger partial charge in [0.25, 0.3) is 0 Å². The highest BCUT2D eigenvalue weighted by Crippen LogP contribution is 2.44. The molecule has 0 saturated heterocycles. The predicted molar refractivity (Wildman–Crippen MR) is 220 cm³/mol.